The Morgan fingerprint density at radius 1 is 1.22 bits per heavy atom. The Balaban J connectivity index is 2.35. The summed E-state index contributed by atoms with van der Waals surface area (Å²) in [4.78, 5) is 12.1. The Morgan fingerprint density at radius 2 is 1.91 bits per heavy atom. The van der Waals surface area contributed by atoms with Crippen LogP contribution in [0, 0.1) is 0 Å². The summed E-state index contributed by atoms with van der Waals surface area (Å²) in [6.07, 6.45) is -4.59. The molecular weight excluding hydrogens is 335 g/mol. The van der Waals surface area contributed by atoms with E-state index in [9.17, 15) is 23.1 Å². The Bertz CT molecular complexity index is 747. The van der Waals surface area contributed by atoms with Crippen LogP contribution in [0.2, 0.25) is 5.02 Å². The number of hydrogen-bond acceptors (Lipinski definition) is 3. The van der Waals surface area contributed by atoms with E-state index in [1.165, 1.54) is 31.4 Å². The predicted octanol–water partition coefficient (Wildman–Crippen LogP) is 4.33. The number of methoxy groups -OCH3 is 1. The number of ether oxygens (including phenoxy) is 1. The molecule has 0 aliphatic carbocycles. The summed E-state index contributed by atoms with van der Waals surface area (Å²) >= 11 is 5.74. The van der Waals surface area contributed by atoms with Crippen LogP contribution < -0.4 is 10.1 Å². The summed E-state index contributed by atoms with van der Waals surface area (Å²) in [5.41, 5.74) is -1.25. The van der Waals surface area contributed by atoms with Crippen LogP contribution in [-0.4, -0.2) is 18.1 Å². The molecule has 0 saturated carbocycles. The van der Waals surface area contributed by atoms with E-state index in [2.05, 4.69) is 5.32 Å². The van der Waals surface area contributed by atoms with Gasteiger partial charge in [-0.2, -0.15) is 13.2 Å². The van der Waals surface area contributed by atoms with Crippen molar-refractivity contribution in [3.63, 3.8) is 0 Å². The lowest BCUT2D eigenvalue weighted by Gasteiger charge is -2.13. The first kappa shape index (κ1) is 17.0. The fourth-order valence-corrected chi connectivity index (χ4v) is 2.01. The van der Waals surface area contributed by atoms with Gasteiger partial charge >= 0.3 is 6.18 Å². The van der Waals surface area contributed by atoms with Crippen molar-refractivity contribution in [1.82, 2.24) is 0 Å². The number of alkyl halides is 3. The summed E-state index contributed by atoms with van der Waals surface area (Å²) < 4.78 is 43.3. The molecule has 1 amide bonds. The maximum Gasteiger partial charge on any atom is 0.416 e. The molecule has 4 nitrogen and oxygen atoms in total. The summed E-state index contributed by atoms with van der Waals surface area (Å²) in [5.74, 6) is -1.21. The van der Waals surface area contributed by atoms with E-state index in [4.69, 9.17) is 16.3 Å². The molecule has 0 saturated heterocycles. The summed E-state index contributed by atoms with van der Waals surface area (Å²) in [6, 6.07) is 6.60. The molecule has 2 rings (SSSR count). The van der Waals surface area contributed by atoms with Crippen LogP contribution in [0.4, 0.5) is 18.9 Å². The van der Waals surface area contributed by atoms with E-state index in [0.29, 0.717) is 0 Å². The zero-order valence-electron chi connectivity index (χ0n) is 11.7. The summed E-state index contributed by atoms with van der Waals surface area (Å²) in [6.45, 7) is 0. The first-order valence-corrected chi connectivity index (χ1v) is 6.64. The molecular formula is C15H11ClF3NO3. The van der Waals surface area contributed by atoms with Gasteiger partial charge < -0.3 is 15.2 Å². The van der Waals surface area contributed by atoms with Gasteiger partial charge in [0, 0.05) is 16.8 Å². The van der Waals surface area contributed by atoms with Gasteiger partial charge in [0.2, 0.25) is 0 Å². The molecule has 23 heavy (non-hydrogen) atoms. The number of amides is 1. The second kappa shape index (κ2) is 6.37. The number of rotatable bonds is 3. The third-order valence-corrected chi connectivity index (χ3v) is 3.17. The van der Waals surface area contributed by atoms with E-state index in [-0.39, 0.29) is 27.8 Å². The van der Waals surface area contributed by atoms with Gasteiger partial charge in [-0.05, 0) is 30.3 Å². The number of hydrogen-bond donors (Lipinski definition) is 2. The van der Waals surface area contributed by atoms with Gasteiger partial charge in [0.25, 0.3) is 5.91 Å². The zero-order valence-corrected chi connectivity index (χ0v) is 12.5. The van der Waals surface area contributed by atoms with Gasteiger partial charge in [-0.3, -0.25) is 4.79 Å². The number of aromatic hydroxyl groups is 1. The fourth-order valence-electron chi connectivity index (χ4n) is 1.84. The standard InChI is InChI=1S/C15H11ClF3NO3/c1-23-11-5-8(15(17,18)19)4-10(7-11)20-14(22)12-6-9(16)2-3-13(12)21/h2-7,21H,1H3,(H,20,22). The highest BCUT2D eigenvalue weighted by Crippen LogP contribution is 2.34. The SMILES string of the molecule is COc1cc(NC(=O)c2cc(Cl)ccc2O)cc(C(F)(F)F)c1. The molecule has 0 fully saturated rings. The van der Waals surface area contributed by atoms with Crippen LogP contribution in [0.3, 0.4) is 0 Å². The average molecular weight is 346 g/mol. The van der Waals surface area contributed by atoms with E-state index < -0.39 is 17.6 Å². The first-order valence-electron chi connectivity index (χ1n) is 6.27. The fraction of sp³-hybridized carbons (Fsp3) is 0.133. The normalized spacial score (nSPS) is 11.2. The molecule has 0 aliphatic rings. The van der Waals surface area contributed by atoms with Crippen LogP contribution in [0.15, 0.2) is 36.4 Å². The van der Waals surface area contributed by atoms with Crippen LogP contribution in [0.5, 0.6) is 11.5 Å². The Labute approximate surface area is 134 Å². The van der Waals surface area contributed by atoms with Crippen LogP contribution in [0.25, 0.3) is 0 Å². The molecule has 2 N–H and O–H groups in total. The van der Waals surface area contributed by atoms with E-state index >= 15 is 0 Å². The summed E-state index contributed by atoms with van der Waals surface area (Å²) in [5, 5.41) is 12.1. The van der Waals surface area contributed by atoms with Gasteiger partial charge in [0.05, 0.1) is 18.2 Å². The molecule has 0 atom stereocenters. The minimum atomic E-state index is -4.59. The smallest absolute Gasteiger partial charge is 0.416 e. The highest BCUT2D eigenvalue weighted by molar-refractivity contribution is 6.31. The number of nitrogens with one attached hydrogen (secondary N) is 1. The van der Waals surface area contributed by atoms with Crippen molar-refractivity contribution in [3.05, 3.63) is 52.5 Å². The predicted molar refractivity (Wildman–Crippen MR) is 79.1 cm³/mol. The van der Waals surface area contributed by atoms with Crippen LogP contribution in [0.1, 0.15) is 15.9 Å². The second-order valence-corrected chi connectivity index (χ2v) is 5.00. The van der Waals surface area contributed by atoms with Gasteiger partial charge in [0.15, 0.2) is 0 Å². The van der Waals surface area contributed by atoms with Gasteiger partial charge in [0.1, 0.15) is 11.5 Å². The van der Waals surface area contributed by atoms with Crippen LogP contribution in [-0.2, 0) is 6.18 Å². The molecule has 8 heteroatoms. The van der Waals surface area contributed by atoms with Crippen molar-refractivity contribution < 1.29 is 27.8 Å². The van der Waals surface area contributed by atoms with Crippen molar-refractivity contribution in [2.75, 3.05) is 12.4 Å². The molecule has 0 unspecified atom stereocenters. The largest absolute Gasteiger partial charge is 0.507 e. The van der Waals surface area contributed by atoms with Crippen molar-refractivity contribution in [3.8, 4) is 11.5 Å². The van der Waals surface area contributed by atoms with Crippen LogP contribution >= 0.6 is 11.6 Å². The van der Waals surface area contributed by atoms with Gasteiger partial charge in [-0.15, -0.1) is 0 Å². The number of phenolic OH excluding ortho intramolecular Hbond substituents is 1. The Morgan fingerprint density at radius 3 is 2.52 bits per heavy atom. The van der Waals surface area contributed by atoms with Gasteiger partial charge in [-0.25, -0.2) is 0 Å². The van der Waals surface area contributed by atoms with Crippen molar-refractivity contribution in [2.45, 2.75) is 6.18 Å². The lowest BCUT2D eigenvalue weighted by atomic mass is 10.1. The monoisotopic (exact) mass is 345 g/mol. The topological polar surface area (TPSA) is 58.6 Å². The quantitative estimate of drug-likeness (QED) is 0.870. The molecule has 0 heterocycles. The van der Waals surface area contributed by atoms with Crippen molar-refractivity contribution >= 4 is 23.2 Å². The highest BCUT2D eigenvalue weighted by atomic mass is 35.5. The first-order chi connectivity index (χ1) is 10.7. The zero-order chi connectivity index (χ0) is 17.2. The lowest BCUT2D eigenvalue weighted by Crippen LogP contribution is -2.13. The summed E-state index contributed by atoms with van der Waals surface area (Å²) in [7, 11) is 1.21. The highest BCUT2D eigenvalue weighted by Gasteiger charge is 2.31. The lowest BCUT2D eigenvalue weighted by molar-refractivity contribution is -0.137. The molecule has 0 aromatic heterocycles. The second-order valence-electron chi connectivity index (χ2n) is 4.56. The Hall–Kier alpha value is -2.41. The number of halogens is 4. The van der Waals surface area contributed by atoms with E-state index in [0.717, 1.165) is 12.1 Å². The maximum atomic E-state index is 12.8. The van der Waals surface area contributed by atoms with Gasteiger partial charge in [-0.1, -0.05) is 11.6 Å². The number of benzene rings is 2. The molecule has 0 radical (unpaired) electrons. The maximum absolute atomic E-state index is 12.8. The number of anilines is 1. The average Bonchev–Trinajstić information content (AvgIpc) is 2.48. The van der Waals surface area contributed by atoms with Crippen molar-refractivity contribution in [2.24, 2.45) is 0 Å². The number of carbonyl (C=O) groups excluding carboxylic acids is 1. The molecule has 0 aliphatic heterocycles. The van der Waals surface area contributed by atoms with E-state index in [1.54, 1.807) is 0 Å². The third kappa shape index (κ3) is 4.07. The number of phenols is 1. The number of carbonyl (C=O) groups is 1. The molecule has 0 bridgehead atoms. The van der Waals surface area contributed by atoms with E-state index in [1.807, 2.05) is 0 Å². The molecule has 0 spiro atoms. The molecule has 2 aromatic rings. The minimum Gasteiger partial charge on any atom is -0.507 e. The third-order valence-electron chi connectivity index (χ3n) is 2.93. The van der Waals surface area contributed by atoms with Crippen molar-refractivity contribution in [1.29, 1.82) is 0 Å². The molecule has 122 valence electrons. The Kier molecular flexibility index (Phi) is 4.70. The minimum absolute atomic E-state index is 0.0644. The molecule has 2 aromatic carbocycles.